The Balaban J connectivity index is 2.05. The smallest absolute Gasteiger partial charge is 0.270 e. The predicted octanol–water partition coefficient (Wildman–Crippen LogP) is 6.40. The molecule has 0 saturated carbocycles. The van der Waals surface area contributed by atoms with Crippen molar-refractivity contribution < 1.29 is 9.53 Å². The van der Waals surface area contributed by atoms with E-state index >= 15 is 0 Å². The number of hydrogen-bond donors (Lipinski definition) is 0. The maximum Gasteiger partial charge on any atom is 0.270 e. The summed E-state index contributed by atoms with van der Waals surface area (Å²) in [7, 11) is 4.05. The quantitative estimate of drug-likeness (QED) is 0.290. The number of aryl methyl sites for hydroxylation is 2. The number of nitrogens with zero attached hydrogens (tertiary/aromatic N) is 2. The minimum Gasteiger partial charge on any atom is -0.492 e. The summed E-state index contributed by atoms with van der Waals surface area (Å²) in [4.78, 5) is 18.5. The summed E-state index contributed by atoms with van der Waals surface area (Å²) >= 11 is 12.1. The molecule has 0 bridgehead atoms. The van der Waals surface area contributed by atoms with E-state index in [1.807, 2.05) is 32.3 Å². The molecule has 1 heterocycles. The Morgan fingerprint density at radius 2 is 1.77 bits per heavy atom. The molecular weight excluding hydrogens is 431 g/mol. The van der Waals surface area contributed by atoms with Crippen molar-refractivity contribution in [1.29, 1.82) is 0 Å². The molecule has 0 fully saturated rings. The van der Waals surface area contributed by atoms with Crippen LogP contribution in [0.25, 0.3) is 22.4 Å². The first-order chi connectivity index (χ1) is 14.8. The third kappa shape index (κ3) is 5.85. The van der Waals surface area contributed by atoms with Gasteiger partial charge >= 0.3 is 0 Å². The molecule has 0 atom stereocenters. The number of aromatic nitrogens is 1. The Morgan fingerprint density at radius 3 is 2.45 bits per heavy atom. The molecule has 0 aliphatic rings. The van der Waals surface area contributed by atoms with E-state index in [1.165, 1.54) is 5.56 Å². The highest BCUT2D eigenvalue weighted by molar-refractivity contribution is 6.67. The number of benzene rings is 2. The molecule has 0 aliphatic heterocycles. The first-order valence-electron chi connectivity index (χ1n) is 10.1. The predicted molar refractivity (Wildman–Crippen MR) is 128 cm³/mol. The van der Waals surface area contributed by atoms with Gasteiger partial charge in [0.05, 0.1) is 17.3 Å². The van der Waals surface area contributed by atoms with E-state index in [1.54, 1.807) is 12.1 Å². The fourth-order valence-corrected chi connectivity index (χ4v) is 3.72. The van der Waals surface area contributed by atoms with Crippen LogP contribution in [0.1, 0.15) is 28.0 Å². The minimum atomic E-state index is -0.595. The highest BCUT2D eigenvalue weighted by atomic mass is 35.5. The van der Waals surface area contributed by atoms with Crippen molar-refractivity contribution in [3.8, 4) is 28.1 Å². The molecule has 0 radical (unpaired) electrons. The van der Waals surface area contributed by atoms with Crippen LogP contribution in [0.3, 0.4) is 0 Å². The van der Waals surface area contributed by atoms with Crippen LogP contribution in [-0.2, 0) is 0 Å². The lowest BCUT2D eigenvalue weighted by atomic mass is 9.94. The van der Waals surface area contributed by atoms with Crippen LogP contribution in [0.5, 0.6) is 5.75 Å². The van der Waals surface area contributed by atoms with Crippen molar-refractivity contribution >= 4 is 28.4 Å². The molecule has 0 N–H and O–H groups in total. The van der Waals surface area contributed by atoms with Crippen molar-refractivity contribution in [2.75, 3.05) is 27.2 Å². The van der Waals surface area contributed by atoms with Crippen LogP contribution in [0, 0.1) is 13.8 Å². The number of rotatable bonds is 8. The second-order valence-corrected chi connectivity index (χ2v) is 8.59. The average molecular weight is 457 g/mol. The third-order valence-corrected chi connectivity index (χ3v) is 5.49. The van der Waals surface area contributed by atoms with Crippen LogP contribution in [0.2, 0.25) is 5.02 Å². The zero-order valence-electron chi connectivity index (χ0n) is 18.2. The van der Waals surface area contributed by atoms with Gasteiger partial charge in [0.1, 0.15) is 11.4 Å². The largest absolute Gasteiger partial charge is 0.492 e. The van der Waals surface area contributed by atoms with Gasteiger partial charge < -0.3 is 9.64 Å². The van der Waals surface area contributed by atoms with Crippen molar-refractivity contribution in [3.05, 3.63) is 70.4 Å². The topological polar surface area (TPSA) is 42.4 Å². The highest BCUT2D eigenvalue weighted by Gasteiger charge is 2.16. The van der Waals surface area contributed by atoms with Crippen LogP contribution < -0.4 is 4.74 Å². The summed E-state index contributed by atoms with van der Waals surface area (Å²) in [6.45, 7) is 5.60. The molecule has 1 aromatic heterocycles. The van der Waals surface area contributed by atoms with E-state index in [2.05, 4.69) is 41.9 Å². The van der Waals surface area contributed by atoms with E-state index in [0.29, 0.717) is 23.1 Å². The molecular formula is C25H26Cl2N2O2. The number of carbonyl (C=O) groups excluding carboxylic acids is 1. The van der Waals surface area contributed by atoms with Gasteiger partial charge in [-0.1, -0.05) is 41.4 Å². The average Bonchev–Trinajstić information content (AvgIpc) is 2.72. The van der Waals surface area contributed by atoms with Gasteiger partial charge in [0, 0.05) is 17.7 Å². The molecule has 162 valence electrons. The SMILES string of the molecule is Cc1ccc(-c2ccc(C(=O)Cl)nc2-c2ccc(Cl)c(OCCCN(C)C)c2)c(C)c1. The van der Waals surface area contributed by atoms with Gasteiger partial charge in [-0.2, -0.15) is 0 Å². The lowest BCUT2D eigenvalue weighted by molar-refractivity contribution is 0.107. The van der Waals surface area contributed by atoms with Crippen LogP contribution >= 0.6 is 23.2 Å². The summed E-state index contributed by atoms with van der Waals surface area (Å²) < 4.78 is 5.93. The summed E-state index contributed by atoms with van der Waals surface area (Å²) in [6, 6.07) is 15.4. The maximum atomic E-state index is 11.8. The Hall–Kier alpha value is -2.40. The lowest BCUT2D eigenvalue weighted by Gasteiger charge is -2.15. The van der Waals surface area contributed by atoms with Gasteiger partial charge in [0.25, 0.3) is 5.24 Å². The summed E-state index contributed by atoms with van der Waals surface area (Å²) in [5.41, 5.74) is 5.94. The molecule has 2 aromatic carbocycles. The summed E-state index contributed by atoms with van der Waals surface area (Å²) in [5, 5.41) is -0.0613. The fraction of sp³-hybridized carbons (Fsp3) is 0.280. The van der Waals surface area contributed by atoms with Crippen molar-refractivity contribution in [2.24, 2.45) is 0 Å². The zero-order chi connectivity index (χ0) is 22.5. The standard InChI is InChI=1S/C25H26Cl2N2O2/c1-16-6-8-19(17(2)14-16)20-9-11-22(25(27)30)28-24(20)18-7-10-21(26)23(15-18)31-13-5-12-29(3)4/h6-11,14-15H,5,12-13H2,1-4H3. The molecule has 0 aliphatic carbocycles. The normalized spacial score (nSPS) is 11.1. The highest BCUT2D eigenvalue weighted by Crippen LogP contribution is 2.36. The van der Waals surface area contributed by atoms with Gasteiger partial charge in [-0.25, -0.2) is 4.98 Å². The van der Waals surface area contributed by atoms with E-state index in [4.69, 9.17) is 27.9 Å². The summed E-state index contributed by atoms with van der Waals surface area (Å²) in [6.07, 6.45) is 0.885. The number of carbonyl (C=O) groups is 1. The monoisotopic (exact) mass is 456 g/mol. The Morgan fingerprint density at radius 1 is 1.03 bits per heavy atom. The van der Waals surface area contributed by atoms with Crippen LogP contribution in [0.15, 0.2) is 48.5 Å². The molecule has 3 aromatic rings. The number of halogens is 2. The van der Waals surface area contributed by atoms with Gasteiger partial charge in [-0.15, -0.1) is 0 Å². The van der Waals surface area contributed by atoms with E-state index in [9.17, 15) is 4.79 Å². The molecule has 0 spiro atoms. The molecule has 0 unspecified atom stereocenters. The van der Waals surface area contributed by atoms with Gasteiger partial charge in [-0.05, 0) is 81.4 Å². The lowest BCUT2D eigenvalue weighted by Crippen LogP contribution is -2.15. The molecule has 4 nitrogen and oxygen atoms in total. The maximum absolute atomic E-state index is 11.8. The summed E-state index contributed by atoms with van der Waals surface area (Å²) in [5.74, 6) is 0.592. The first kappa shape index (κ1) is 23.3. The second-order valence-electron chi connectivity index (χ2n) is 7.84. The van der Waals surface area contributed by atoms with Crippen molar-refractivity contribution in [1.82, 2.24) is 9.88 Å². The third-order valence-electron chi connectivity index (χ3n) is 4.98. The Kier molecular flexibility index (Phi) is 7.71. The van der Waals surface area contributed by atoms with Gasteiger partial charge in [-0.3, -0.25) is 4.79 Å². The fourth-order valence-electron chi connectivity index (χ4n) is 3.45. The molecule has 0 saturated heterocycles. The van der Waals surface area contributed by atoms with Crippen molar-refractivity contribution in [2.45, 2.75) is 20.3 Å². The van der Waals surface area contributed by atoms with E-state index in [0.717, 1.165) is 35.2 Å². The number of pyridine rings is 1. The Labute approximate surface area is 193 Å². The second kappa shape index (κ2) is 10.3. The van der Waals surface area contributed by atoms with E-state index < -0.39 is 5.24 Å². The van der Waals surface area contributed by atoms with Crippen molar-refractivity contribution in [3.63, 3.8) is 0 Å². The number of hydrogen-bond acceptors (Lipinski definition) is 4. The Bertz CT molecular complexity index is 1100. The number of ether oxygens (including phenoxy) is 1. The molecule has 0 amide bonds. The zero-order valence-corrected chi connectivity index (χ0v) is 19.7. The molecule has 6 heteroatoms. The van der Waals surface area contributed by atoms with Gasteiger partial charge in [0.2, 0.25) is 0 Å². The van der Waals surface area contributed by atoms with Crippen LogP contribution in [0.4, 0.5) is 0 Å². The molecule has 31 heavy (non-hydrogen) atoms. The minimum absolute atomic E-state index is 0.202. The van der Waals surface area contributed by atoms with Crippen LogP contribution in [-0.4, -0.2) is 42.4 Å². The molecule has 3 rings (SSSR count). The van der Waals surface area contributed by atoms with Gasteiger partial charge in [0.15, 0.2) is 0 Å². The first-order valence-corrected chi connectivity index (χ1v) is 10.9. The van der Waals surface area contributed by atoms with E-state index in [-0.39, 0.29) is 5.69 Å².